The summed E-state index contributed by atoms with van der Waals surface area (Å²) < 4.78 is 29.3. The molecule has 7 heteroatoms. The van der Waals surface area contributed by atoms with E-state index in [4.69, 9.17) is 18.6 Å². The first-order chi connectivity index (χ1) is 21.2. The van der Waals surface area contributed by atoms with Crippen molar-refractivity contribution in [3.8, 4) is 0 Å². The van der Waals surface area contributed by atoms with Crippen molar-refractivity contribution in [3.63, 3.8) is 0 Å². The van der Waals surface area contributed by atoms with Crippen molar-refractivity contribution < 1.29 is 18.6 Å². The Morgan fingerprint density at radius 1 is 0.727 bits per heavy atom. The zero-order chi connectivity index (χ0) is 30.8. The van der Waals surface area contributed by atoms with E-state index >= 15 is 0 Å². The van der Waals surface area contributed by atoms with Crippen LogP contribution in [0.25, 0.3) is 0 Å². The first-order valence-electron chi connectivity index (χ1n) is 15.4. The maximum absolute atomic E-state index is 7.41. The van der Waals surface area contributed by atoms with Gasteiger partial charge in [0.05, 0.1) is 0 Å². The molecule has 0 aromatic heterocycles. The summed E-state index contributed by atoms with van der Waals surface area (Å²) in [4.78, 5) is 1.35. The molecular weight excluding hydrogens is 648 g/mol. The monoisotopic (exact) mass is 690 g/mol. The second kappa shape index (κ2) is 13.3. The van der Waals surface area contributed by atoms with Crippen LogP contribution in [0.2, 0.25) is 9.85 Å². The van der Waals surface area contributed by atoms with Crippen molar-refractivity contribution >= 4 is 49.9 Å². The molecule has 0 radical (unpaired) electrons. The Morgan fingerprint density at radius 3 is 1.77 bits per heavy atom. The second-order valence-electron chi connectivity index (χ2n) is 12.9. The van der Waals surface area contributed by atoms with Crippen molar-refractivity contribution in [2.24, 2.45) is 0 Å². The summed E-state index contributed by atoms with van der Waals surface area (Å²) >= 11 is 1.91. The summed E-state index contributed by atoms with van der Waals surface area (Å²) in [6.07, 6.45) is -0.619. The number of benzene rings is 4. The molecule has 2 aliphatic rings. The number of hydrogen-bond donors (Lipinski definition) is 0. The molecule has 2 heterocycles. The molecule has 0 bridgehead atoms. The molecule has 0 amide bonds. The van der Waals surface area contributed by atoms with Gasteiger partial charge in [-0.1, -0.05) is 0 Å². The number of fused-ring (bicyclic) bond motifs is 1. The van der Waals surface area contributed by atoms with Crippen molar-refractivity contribution in [2.75, 3.05) is 6.61 Å². The average Bonchev–Trinajstić information content (AvgIpc) is 3.36. The molecule has 5 atom stereocenters. The van der Waals surface area contributed by atoms with E-state index in [1.165, 1.54) is 19.7 Å². The van der Waals surface area contributed by atoms with Gasteiger partial charge in [-0.2, -0.15) is 0 Å². The molecule has 4 aromatic carbocycles. The van der Waals surface area contributed by atoms with E-state index in [1.807, 2.05) is 13.8 Å². The molecule has 44 heavy (non-hydrogen) atoms. The van der Waals surface area contributed by atoms with Crippen LogP contribution >= 0.6 is 11.8 Å². The van der Waals surface area contributed by atoms with E-state index in [1.54, 1.807) is 11.8 Å². The van der Waals surface area contributed by atoms with E-state index in [0.29, 0.717) is 6.61 Å². The van der Waals surface area contributed by atoms with Crippen LogP contribution in [0.4, 0.5) is 0 Å². The van der Waals surface area contributed by atoms with Gasteiger partial charge < -0.3 is 0 Å². The van der Waals surface area contributed by atoms with Gasteiger partial charge in [0.1, 0.15) is 0 Å². The molecular formula is C37H42O4SSeSi. The van der Waals surface area contributed by atoms with Crippen molar-refractivity contribution in [2.45, 2.75) is 78.9 Å². The number of thioether (sulfide) groups is 1. The van der Waals surface area contributed by atoms with Crippen LogP contribution in [0, 0.1) is 0 Å². The van der Waals surface area contributed by atoms with Crippen LogP contribution in [0.5, 0.6) is 0 Å². The summed E-state index contributed by atoms with van der Waals surface area (Å²) in [6.45, 7) is 11.4. The molecule has 0 aliphatic carbocycles. The van der Waals surface area contributed by atoms with Gasteiger partial charge in [-0.15, -0.1) is 0 Å². The summed E-state index contributed by atoms with van der Waals surface area (Å²) in [5.41, 5.74) is -0.107. The SMILES string of the molecule is CC1(C)O[C@@H]2[C@H](O1)[C@@H](CO[Si](c1ccccc1)(c1ccccc1)C(C)(C)C)O[C@@H](Sc1ccccc1)[C@@H]2[Se]c1ccccc1. The topological polar surface area (TPSA) is 36.9 Å². The number of hydrogen-bond acceptors (Lipinski definition) is 5. The Bertz CT molecular complexity index is 1440. The molecule has 4 nitrogen and oxygen atoms in total. The number of ether oxygens (including phenoxy) is 3. The molecule has 0 unspecified atom stereocenters. The molecule has 230 valence electrons. The quantitative estimate of drug-likeness (QED) is 0.190. The summed E-state index contributed by atoms with van der Waals surface area (Å²) in [5.74, 6) is -0.703. The normalized spacial score (nSPS) is 25.0. The van der Waals surface area contributed by atoms with Crippen LogP contribution < -0.4 is 14.8 Å². The molecule has 0 N–H and O–H groups in total. The van der Waals surface area contributed by atoms with Gasteiger partial charge >= 0.3 is 275 Å². The van der Waals surface area contributed by atoms with Crippen molar-refractivity contribution in [1.82, 2.24) is 0 Å². The van der Waals surface area contributed by atoms with Crippen LogP contribution in [0.15, 0.2) is 126 Å². The second-order valence-corrected chi connectivity index (χ2v) is 21.0. The first-order valence-corrected chi connectivity index (χ1v) is 20.0. The molecule has 6 rings (SSSR count). The summed E-state index contributed by atoms with van der Waals surface area (Å²) in [5, 5.41) is 2.39. The van der Waals surface area contributed by atoms with Gasteiger partial charge in [-0.3, -0.25) is 0 Å². The molecule has 2 aliphatic heterocycles. The van der Waals surface area contributed by atoms with Gasteiger partial charge in [0.2, 0.25) is 0 Å². The van der Waals surface area contributed by atoms with E-state index in [0.717, 1.165) is 0 Å². The predicted molar refractivity (Wildman–Crippen MR) is 184 cm³/mol. The fourth-order valence-corrected chi connectivity index (χ4v) is 15.1. The third-order valence-electron chi connectivity index (χ3n) is 8.32. The minimum absolute atomic E-state index is 0.104. The van der Waals surface area contributed by atoms with E-state index in [9.17, 15) is 0 Å². The Balaban J connectivity index is 1.37. The summed E-state index contributed by atoms with van der Waals surface area (Å²) in [6, 6.07) is 42.9. The van der Waals surface area contributed by atoms with Gasteiger partial charge in [0.25, 0.3) is 0 Å². The minimum atomic E-state index is -2.77. The zero-order valence-corrected chi connectivity index (χ0v) is 29.6. The van der Waals surface area contributed by atoms with Gasteiger partial charge in [-0.25, -0.2) is 0 Å². The predicted octanol–water partition coefficient (Wildman–Crippen LogP) is 6.42. The standard InChI is InChI=1S/C37H42O4SSeSi/c1-36(2,3)44(29-22-14-8-15-23-29,30-24-16-9-17-25-30)38-26-31-32-33(41-37(4,5)40-32)34(43-28-20-12-7-13-21-28)35(39-31)42-27-18-10-6-11-19-27/h6-25,31-35H,26H2,1-5H3/t31-,32-,33-,34-,35+/m1/s1. The zero-order valence-electron chi connectivity index (χ0n) is 26.1. The summed E-state index contributed by atoms with van der Waals surface area (Å²) in [7, 11) is -2.77. The first kappa shape index (κ1) is 31.8. The van der Waals surface area contributed by atoms with Gasteiger partial charge in [0.15, 0.2) is 0 Å². The Morgan fingerprint density at radius 2 is 1.23 bits per heavy atom. The van der Waals surface area contributed by atoms with Crippen LogP contribution in [0.3, 0.4) is 0 Å². The van der Waals surface area contributed by atoms with Crippen molar-refractivity contribution in [3.05, 3.63) is 121 Å². The Kier molecular flexibility index (Phi) is 9.58. The Labute approximate surface area is 274 Å². The van der Waals surface area contributed by atoms with Crippen LogP contribution in [-0.2, 0) is 18.6 Å². The Hall–Kier alpha value is -2.19. The van der Waals surface area contributed by atoms with E-state index in [2.05, 4.69) is 142 Å². The van der Waals surface area contributed by atoms with E-state index < -0.39 is 14.1 Å². The maximum atomic E-state index is 7.41. The van der Waals surface area contributed by atoms with E-state index in [-0.39, 0.29) is 48.6 Å². The van der Waals surface area contributed by atoms with Gasteiger partial charge in [0, 0.05) is 0 Å². The number of rotatable bonds is 9. The fraction of sp³-hybridized carbons (Fsp3) is 0.351. The molecule has 2 fully saturated rings. The third-order valence-corrected chi connectivity index (χ3v) is 17.7. The third kappa shape index (κ3) is 6.67. The fourth-order valence-electron chi connectivity index (χ4n) is 6.45. The molecule has 4 aromatic rings. The van der Waals surface area contributed by atoms with Crippen LogP contribution in [0.1, 0.15) is 34.6 Å². The van der Waals surface area contributed by atoms with Crippen molar-refractivity contribution in [1.29, 1.82) is 0 Å². The molecule has 0 spiro atoms. The molecule has 0 saturated carbocycles. The average molecular weight is 690 g/mol. The molecule has 2 saturated heterocycles. The van der Waals surface area contributed by atoms with Gasteiger partial charge in [-0.05, 0) is 0 Å². The van der Waals surface area contributed by atoms with Crippen LogP contribution in [-0.4, -0.2) is 59.4 Å².